The summed E-state index contributed by atoms with van der Waals surface area (Å²) in [5.74, 6) is 1.04. The zero-order chi connectivity index (χ0) is 31.8. The predicted molar refractivity (Wildman–Crippen MR) is 180 cm³/mol. The number of hydrogen-bond acceptors (Lipinski definition) is 6. The topological polar surface area (TPSA) is 109 Å². The second kappa shape index (κ2) is 15.0. The van der Waals surface area contributed by atoms with Crippen LogP contribution in [0.25, 0.3) is 6.08 Å². The molecule has 8 nitrogen and oxygen atoms in total. The molecule has 2 aromatic rings. The second-order valence-electron chi connectivity index (χ2n) is 11.5. The average Bonchev–Trinajstić information content (AvgIpc) is 3.32. The summed E-state index contributed by atoms with van der Waals surface area (Å²) in [6.45, 7) is 2.66. The SMILES string of the molecule is CC1C=CC=CC1C1=CN2C(=O)/C(=C/c3ccc(OCCCCCCCCS(=O)(=O)O)c(Cl)c3)N=C2C(Cc2ccccc2)=N1. The van der Waals surface area contributed by atoms with E-state index in [2.05, 4.69) is 19.1 Å². The van der Waals surface area contributed by atoms with E-state index in [0.29, 0.717) is 41.8 Å². The van der Waals surface area contributed by atoms with E-state index in [-0.39, 0.29) is 23.5 Å². The molecule has 0 bridgehead atoms. The van der Waals surface area contributed by atoms with Crippen LogP contribution in [0.3, 0.4) is 0 Å². The van der Waals surface area contributed by atoms with Crippen LogP contribution in [0.1, 0.15) is 56.6 Å². The Morgan fingerprint density at radius 2 is 1.71 bits per heavy atom. The number of ether oxygens (including phenoxy) is 1. The van der Waals surface area contributed by atoms with Crippen LogP contribution in [0.15, 0.2) is 100 Å². The van der Waals surface area contributed by atoms with E-state index >= 15 is 0 Å². The average molecular weight is 648 g/mol. The zero-order valence-electron chi connectivity index (χ0n) is 25.3. The Kier molecular flexibility index (Phi) is 10.9. The zero-order valence-corrected chi connectivity index (χ0v) is 26.9. The van der Waals surface area contributed by atoms with Gasteiger partial charge < -0.3 is 4.74 Å². The van der Waals surface area contributed by atoms with Crippen molar-refractivity contribution in [2.75, 3.05) is 12.4 Å². The van der Waals surface area contributed by atoms with E-state index < -0.39 is 10.1 Å². The summed E-state index contributed by atoms with van der Waals surface area (Å²) in [7, 11) is -3.87. The Labute approximate surface area is 270 Å². The van der Waals surface area contributed by atoms with Gasteiger partial charge in [0.25, 0.3) is 16.0 Å². The molecule has 5 rings (SSSR count). The molecule has 3 aliphatic rings. The van der Waals surface area contributed by atoms with Crippen LogP contribution >= 0.6 is 11.6 Å². The monoisotopic (exact) mass is 647 g/mol. The molecule has 0 fully saturated rings. The van der Waals surface area contributed by atoms with Crippen LogP contribution < -0.4 is 4.74 Å². The van der Waals surface area contributed by atoms with E-state index in [4.69, 9.17) is 30.9 Å². The van der Waals surface area contributed by atoms with Gasteiger partial charge in [-0.3, -0.25) is 19.2 Å². The summed E-state index contributed by atoms with van der Waals surface area (Å²) >= 11 is 6.54. The maximum Gasteiger partial charge on any atom is 0.282 e. The molecular weight excluding hydrogens is 610 g/mol. The van der Waals surface area contributed by atoms with Crippen molar-refractivity contribution in [2.45, 2.75) is 51.9 Å². The molecule has 2 aliphatic heterocycles. The highest BCUT2D eigenvalue weighted by Gasteiger charge is 2.36. The van der Waals surface area contributed by atoms with Crippen molar-refractivity contribution < 1.29 is 22.5 Å². The third kappa shape index (κ3) is 8.90. The summed E-state index contributed by atoms with van der Waals surface area (Å²) in [4.78, 5) is 25.1. The molecule has 0 spiro atoms. The van der Waals surface area contributed by atoms with Gasteiger partial charge in [0.1, 0.15) is 11.4 Å². The summed E-state index contributed by atoms with van der Waals surface area (Å²) in [6.07, 6.45) is 17.4. The Hall–Kier alpha value is -3.79. The molecule has 2 aromatic carbocycles. The number of fused-ring (bicyclic) bond motifs is 1. The molecular formula is C35H38ClN3O5S. The standard InChI is InChI=1S/C35H38ClN3O5S/c1-25-13-9-10-16-28(25)32-24-39-34(30(37-32)22-26-14-7-6-8-15-26)38-31(35(39)40)23-27-17-18-33(29(36)21-27)44-19-11-4-2-3-5-12-20-45(41,42)43/h6-10,13-18,21,23-25,28H,2-5,11-12,19-20,22H2,1H3,(H,41,42,43)/b31-23-. The van der Waals surface area contributed by atoms with E-state index in [1.54, 1.807) is 23.1 Å². The number of carbonyl (C=O) groups excluding carboxylic acids is 1. The van der Waals surface area contributed by atoms with Gasteiger partial charge in [-0.15, -0.1) is 0 Å². The van der Waals surface area contributed by atoms with Crippen LogP contribution in [-0.4, -0.2) is 47.7 Å². The molecule has 10 heteroatoms. The molecule has 236 valence electrons. The number of amides is 1. The Bertz CT molecular complexity index is 1690. The maximum atomic E-state index is 13.6. The van der Waals surface area contributed by atoms with Gasteiger partial charge in [-0.2, -0.15) is 8.42 Å². The van der Waals surface area contributed by atoms with Gasteiger partial charge in [-0.1, -0.05) is 105 Å². The van der Waals surface area contributed by atoms with Gasteiger partial charge in [0.15, 0.2) is 5.84 Å². The van der Waals surface area contributed by atoms with Crippen molar-refractivity contribution in [3.8, 4) is 5.75 Å². The van der Waals surface area contributed by atoms with Crippen LogP contribution in [-0.2, 0) is 21.3 Å². The molecule has 2 heterocycles. The van der Waals surface area contributed by atoms with Crippen molar-refractivity contribution >= 4 is 45.2 Å². The number of allylic oxidation sites excluding steroid dienone is 4. The fourth-order valence-electron chi connectivity index (χ4n) is 5.53. The lowest BCUT2D eigenvalue weighted by Crippen LogP contribution is -2.37. The number of rotatable bonds is 14. The Morgan fingerprint density at radius 1 is 0.978 bits per heavy atom. The fraction of sp³-hybridized carbons (Fsp3) is 0.343. The number of nitrogens with zero attached hydrogens (tertiary/aromatic N) is 3. The van der Waals surface area contributed by atoms with Crippen molar-refractivity contribution in [3.63, 3.8) is 0 Å². The molecule has 2 unspecified atom stereocenters. The van der Waals surface area contributed by atoms with Crippen LogP contribution in [0.5, 0.6) is 5.75 Å². The highest BCUT2D eigenvalue weighted by atomic mass is 35.5. The summed E-state index contributed by atoms with van der Waals surface area (Å²) in [5, 5.41) is 0.449. The number of amidine groups is 1. The normalized spacial score (nSPS) is 20.2. The minimum atomic E-state index is -3.87. The Balaban J connectivity index is 1.23. The lowest BCUT2D eigenvalue weighted by atomic mass is 9.87. The second-order valence-corrected chi connectivity index (χ2v) is 13.5. The van der Waals surface area contributed by atoms with E-state index in [1.165, 1.54) is 0 Å². The van der Waals surface area contributed by atoms with E-state index in [9.17, 15) is 13.2 Å². The lowest BCUT2D eigenvalue weighted by molar-refractivity contribution is -0.120. The number of carbonyl (C=O) groups is 1. The first kappa shape index (κ1) is 32.6. The van der Waals surface area contributed by atoms with Crippen LogP contribution in [0, 0.1) is 11.8 Å². The number of benzene rings is 2. The highest BCUT2D eigenvalue weighted by molar-refractivity contribution is 7.85. The van der Waals surface area contributed by atoms with Crippen molar-refractivity contribution in [1.82, 2.24) is 4.90 Å². The van der Waals surface area contributed by atoms with Gasteiger partial charge in [-0.25, -0.2) is 4.99 Å². The molecule has 1 N–H and O–H groups in total. The summed E-state index contributed by atoms with van der Waals surface area (Å²) < 4.78 is 36.2. The molecule has 0 saturated carbocycles. The third-order valence-electron chi connectivity index (χ3n) is 7.96. The van der Waals surface area contributed by atoms with Gasteiger partial charge in [-0.05, 0) is 48.1 Å². The largest absolute Gasteiger partial charge is 0.492 e. The first-order chi connectivity index (χ1) is 21.7. The maximum absolute atomic E-state index is 13.6. The first-order valence-corrected chi connectivity index (χ1v) is 17.4. The highest BCUT2D eigenvalue weighted by Crippen LogP contribution is 2.33. The summed E-state index contributed by atoms with van der Waals surface area (Å²) in [6, 6.07) is 15.5. The van der Waals surface area contributed by atoms with Gasteiger partial charge in [0.2, 0.25) is 0 Å². The van der Waals surface area contributed by atoms with Crippen molar-refractivity contribution in [1.29, 1.82) is 0 Å². The molecule has 45 heavy (non-hydrogen) atoms. The minimum Gasteiger partial charge on any atom is -0.492 e. The van der Waals surface area contributed by atoms with Crippen molar-refractivity contribution in [3.05, 3.63) is 107 Å². The third-order valence-corrected chi connectivity index (χ3v) is 9.06. The molecule has 0 radical (unpaired) electrons. The molecule has 2 atom stereocenters. The molecule has 1 amide bonds. The molecule has 0 aromatic heterocycles. The van der Waals surface area contributed by atoms with Gasteiger partial charge >= 0.3 is 0 Å². The summed E-state index contributed by atoms with van der Waals surface area (Å²) in [5.41, 5.74) is 3.74. The molecule has 1 aliphatic carbocycles. The predicted octanol–water partition coefficient (Wildman–Crippen LogP) is 7.45. The van der Waals surface area contributed by atoms with Gasteiger partial charge in [0.05, 0.1) is 28.8 Å². The smallest absolute Gasteiger partial charge is 0.282 e. The van der Waals surface area contributed by atoms with E-state index in [1.807, 2.05) is 54.8 Å². The van der Waals surface area contributed by atoms with Gasteiger partial charge in [0, 0.05) is 18.5 Å². The Morgan fingerprint density at radius 3 is 2.44 bits per heavy atom. The van der Waals surface area contributed by atoms with Crippen LogP contribution in [0.4, 0.5) is 0 Å². The van der Waals surface area contributed by atoms with E-state index in [0.717, 1.165) is 54.6 Å². The first-order valence-electron chi connectivity index (χ1n) is 15.4. The quantitative estimate of drug-likeness (QED) is 0.130. The lowest BCUT2D eigenvalue weighted by Gasteiger charge is -2.27. The number of aliphatic imine (C=N–C) groups is 2. The number of hydrogen-bond donors (Lipinski definition) is 1. The molecule has 0 saturated heterocycles. The number of halogens is 1. The van der Waals surface area contributed by atoms with Crippen LogP contribution in [0.2, 0.25) is 5.02 Å². The minimum absolute atomic E-state index is 0.0625. The fourth-order valence-corrected chi connectivity index (χ4v) is 6.34. The van der Waals surface area contributed by atoms with Crippen molar-refractivity contribution in [2.24, 2.45) is 21.8 Å². The number of unbranched alkanes of at least 4 members (excludes halogenated alkanes) is 5.